The molecule has 2 aromatic rings. The molecule has 1 atom stereocenters. The number of piperazine rings is 1. The highest BCUT2D eigenvalue weighted by Gasteiger charge is 2.34. The van der Waals surface area contributed by atoms with Gasteiger partial charge in [0.15, 0.2) is 0 Å². The first-order valence-electron chi connectivity index (χ1n) is 12.9. The van der Waals surface area contributed by atoms with E-state index in [1.54, 1.807) is 0 Å². The normalized spacial score (nSPS) is 23.4. The van der Waals surface area contributed by atoms with Gasteiger partial charge < -0.3 is 14.8 Å². The van der Waals surface area contributed by atoms with Gasteiger partial charge in [0.05, 0.1) is 12.0 Å². The van der Waals surface area contributed by atoms with Crippen molar-refractivity contribution in [2.45, 2.75) is 88.6 Å². The summed E-state index contributed by atoms with van der Waals surface area (Å²) in [4.78, 5) is 20.9. The fourth-order valence-electron chi connectivity index (χ4n) is 6.20. The standard InChI is InChI=1S/C27H38N4O/c32-27(30-17-16-28-19-24(30)18-21-10-4-1-5-11-21)25-26(22-12-6-2-7-13-22)31(20-29-25)23-14-8-3-9-15-23/h1,4-5,10-11,20,22-24,28H,2-3,6-9,12-19H2/t24-/m1/s1. The summed E-state index contributed by atoms with van der Waals surface area (Å²) in [6.07, 6.45) is 15.6. The second-order valence-electron chi connectivity index (χ2n) is 10.1. The van der Waals surface area contributed by atoms with Crippen LogP contribution in [0.2, 0.25) is 0 Å². The zero-order valence-corrected chi connectivity index (χ0v) is 19.3. The lowest BCUT2D eigenvalue weighted by atomic mass is 9.85. The van der Waals surface area contributed by atoms with Crippen molar-refractivity contribution in [2.24, 2.45) is 0 Å². The van der Waals surface area contributed by atoms with Gasteiger partial charge in [-0.2, -0.15) is 0 Å². The number of carbonyl (C=O) groups excluding carboxylic acids is 1. The van der Waals surface area contributed by atoms with Gasteiger partial charge in [-0.05, 0) is 37.7 Å². The molecule has 1 N–H and O–H groups in total. The Morgan fingerprint density at radius 2 is 1.69 bits per heavy atom. The average Bonchev–Trinajstić information content (AvgIpc) is 3.31. The summed E-state index contributed by atoms with van der Waals surface area (Å²) < 4.78 is 2.44. The Morgan fingerprint density at radius 1 is 0.969 bits per heavy atom. The third-order valence-corrected chi connectivity index (χ3v) is 7.92. The summed E-state index contributed by atoms with van der Waals surface area (Å²) >= 11 is 0. The lowest BCUT2D eigenvalue weighted by Crippen LogP contribution is -2.54. The summed E-state index contributed by atoms with van der Waals surface area (Å²) in [6.45, 7) is 2.47. The fourth-order valence-corrected chi connectivity index (χ4v) is 6.20. The molecule has 2 heterocycles. The fraction of sp³-hybridized carbons (Fsp3) is 0.630. The Hall–Kier alpha value is -2.14. The highest BCUT2D eigenvalue weighted by Crippen LogP contribution is 2.39. The minimum Gasteiger partial charge on any atom is -0.331 e. The molecule has 1 saturated heterocycles. The molecule has 1 aromatic carbocycles. The van der Waals surface area contributed by atoms with Crippen molar-refractivity contribution in [3.8, 4) is 0 Å². The van der Waals surface area contributed by atoms with Crippen LogP contribution in [0.25, 0.3) is 0 Å². The van der Waals surface area contributed by atoms with E-state index < -0.39 is 0 Å². The minimum atomic E-state index is 0.155. The lowest BCUT2D eigenvalue weighted by molar-refractivity contribution is 0.0628. The largest absolute Gasteiger partial charge is 0.331 e. The van der Waals surface area contributed by atoms with E-state index in [0.717, 1.165) is 31.7 Å². The molecule has 1 aliphatic heterocycles. The maximum atomic E-state index is 14.0. The highest BCUT2D eigenvalue weighted by molar-refractivity contribution is 5.94. The van der Waals surface area contributed by atoms with Crippen LogP contribution < -0.4 is 5.32 Å². The van der Waals surface area contributed by atoms with Crippen LogP contribution in [-0.2, 0) is 6.42 Å². The predicted octanol–water partition coefficient (Wildman–Crippen LogP) is 5.09. The van der Waals surface area contributed by atoms with Crippen molar-refractivity contribution >= 4 is 5.91 Å². The van der Waals surface area contributed by atoms with Crippen LogP contribution in [0.5, 0.6) is 0 Å². The number of nitrogens with one attached hydrogen (secondary N) is 1. The zero-order chi connectivity index (χ0) is 21.8. The van der Waals surface area contributed by atoms with Crippen molar-refractivity contribution in [1.29, 1.82) is 0 Å². The molecule has 3 aliphatic rings. The molecule has 5 rings (SSSR count). The van der Waals surface area contributed by atoms with Crippen LogP contribution in [-0.4, -0.2) is 46.0 Å². The third kappa shape index (κ3) is 4.63. The van der Waals surface area contributed by atoms with Crippen molar-refractivity contribution in [3.05, 3.63) is 53.6 Å². The van der Waals surface area contributed by atoms with Gasteiger partial charge in [-0.3, -0.25) is 4.79 Å². The zero-order valence-electron chi connectivity index (χ0n) is 19.3. The predicted molar refractivity (Wildman–Crippen MR) is 128 cm³/mol. The lowest BCUT2D eigenvalue weighted by Gasteiger charge is -2.37. The molecular weight excluding hydrogens is 396 g/mol. The van der Waals surface area contributed by atoms with E-state index in [1.807, 2.05) is 6.33 Å². The Labute approximate surface area is 192 Å². The molecule has 0 bridgehead atoms. The summed E-state index contributed by atoms with van der Waals surface area (Å²) in [5, 5.41) is 3.51. The van der Waals surface area contributed by atoms with Crippen molar-refractivity contribution in [3.63, 3.8) is 0 Å². The third-order valence-electron chi connectivity index (χ3n) is 7.92. The number of nitrogens with zero attached hydrogens (tertiary/aromatic N) is 3. The van der Waals surface area contributed by atoms with E-state index in [0.29, 0.717) is 12.0 Å². The number of hydrogen-bond donors (Lipinski definition) is 1. The topological polar surface area (TPSA) is 50.2 Å². The molecule has 1 amide bonds. The first kappa shape index (κ1) is 21.7. The van der Waals surface area contributed by atoms with Crippen LogP contribution >= 0.6 is 0 Å². The maximum Gasteiger partial charge on any atom is 0.274 e. The van der Waals surface area contributed by atoms with Gasteiger partial charge >= 0.3 is 0 Å². The molecule has 2 aliphatic carbocycles. The first-order valence-corrected chi connectivity index (χ1v) is 12.9. The van der Waals surface area contributed by atoms with E-state index in [9.17, 15) is 4.79 Å². The molecular formula is C27H38N4O. The Morgan fingerprint density at radius 3 is 2.44 bits per heavy atom. The Balaban J connectivity index is 1.44. The second kappa shape index (κ2) is 10.2. The molecule has 0 unspecified atom stereocenters. The smallest absolute Gasteiger partial charge is 0.274 e. The van der Waals surface area contributed by atoms with Crippen molar-refractivity contribution in [1.82, 2.24) is 19.8 Å². The molecule has 1 aromatic heterocycles. The number of carbonyl (C=O) groups is 1. The van der Waals surface area contributed by atoms with E-state index in [2.05, 4.69) is 45.1 Å². The van der Waals surface area contributed by atoms with E-state index in [-0.39, 0.29) is 11.9 Å². The van der Waals surface area contributed by atoms with Gasteiger partial charge in [0.25, 0.3) is 5.91 Å². The maximum absolute atomic E-state index is 14.0. The van der Waals surface area contributed by atoms with Crippen LogP contribution in [0.4, 0.5) is 0 Å². The van der Waals surface area contributed by atoms with Crippen LogP contribution in [0, 0.1) is 0 Å². The Bertz CT molecular complexity index is 880. The number of imidazole rings is 1. The van der Waals surface area contributed by atoms with E-state index in [4.69, 9.17) is 4.98 Å². The average molecular weight is 435 g/mol. The quantitative estimate of drug-likeness (QED) is 0.713. The van der Waals surface area contributed by atoms with E-state index in [1.165, 1.54) is 75.5 Å². The number of rotatable bonds is 5. The number of aromatic nitrogens is 2. The number of benzene rings is 1. The van der Waals surface area contributed by atoms with Crippen LogP contribution in [0.15, 0.2) is 36.7 Å². The van der Waals surface area contributed by atoms with Gasteiger partial charge in [-0.15, -0.1) is 0 Å². The van der Waals surface area contributed by atoms with Gasteiger partial charge in [0, 0.05) is 37.6 Å². The Kier molecular flexibility index (Phi) is 6.92. The van der Waals surface area contributed by atoms with Gasteiger partial charge in [0.1, 0.15) is 5.69 Å². The minimum absolute atomic E-state index is 0.155. The molecule has 5 nitrogen and oxygen atoms in total. The molecule has 5 heteroatoms. The van der Waals surface area contributed by atoms with Crippen molar-refractivity contribution in [2.75, 3.05) is 19.6 Å². The molecule has 2 saturated carbocycles. The SMILES string of the molecule is O=C(c1ncn(C2CCCCC2)c1C1CCCCC1)N1CCNC[C@H]1Cc1ccccc1. The molecule has 172 valence electrons. The van der Waals surface area contributed by atoms with E-state index >= 15 is 0 Å². The first-order chi connectivity index (χ1) is 15.8. The van der Waals surface area contributed by atoms with Crippen LogP contribution in [0.1, 0.15) is 97.9 Å². The highest BCUT2D eigenvalue weighted by atomic mass is 16.2. The molecule has 32 heavy (non-hydrogen) atoms. The monoisotopic (exact) mass is 434 g/mol. The second-order valence-corrected chi connectivity index (χ2v) is 10.1. The van der Waals surface area contributed by atoms with Crippen molar-refractivity contribution < 1.29 is 4.79 Å². The van der Waals surface area contributed by atoms with Gasteiger partial charge in [-0.25, -0.2) is 4.98 Å². The van der Waals surface area contributed by atoms with Crippen LogP contribution in [0.3, 0.4) is 0 Å². The summed E-state index contributed by atoms with van der Waals surface area (Å²) in [5.41, 5.74) is 3.31. The van der Waals surface area contributed by atoms with Gasteiger partial charge in [0.2, 0.25) is 0 Å². The molecule has 3 fully saturated rings. The summed E-state index contributed by atoms with van der Waals surface area (Å²) in [6, 6.07) is 11.3. The number of amides is 1. The summed E-state index contributed by atoms with van der Waals surface area (Å²) in [5.74, 6) is 0.644. The van der Waals surface area contributed by atoms with Gasteiger partial charge in [-0.1, -0.05) is 68.9 Å². The molecule has 0 spiro atoms. The summed E-state index contributed by atoms with van der Waals surface area (Å²) in [7, 11) is 0. The number of hydrogen-bond acceptors (Lipinski definition) is 3. The molecule has 0 radical (unpaired) electrons.